The zero-order valence-electron chi connectivity index (χ0n) is 16.7. The molecule has 3 heteroatoms. The van der Waals surface area contributed by atoms with Crippen LogP contribution in [0.5, 0.6) is 5.75 Å². The normalized spacial score (nSPS) is 26.4. The van der Waals surface area contributed by atoms with E-state index in [1.54, 1.807) is 0 Å². The summed E-state index contributed by atoms with van der Waals surface area (Å²) in [6.07, 6.45) is 19.3. The predicted molar refractivity (Wildman–Crippen MR) is 111 cm³/mol. The first-order chi connectivity index (χ1) is 13.0. The molecule has 2 aliphatic rings. The number of aryl methyl sites for hydroxylation is 1. The molecule has 0 aromatic heterocycles. The highest BCUT2D eigenvalue weighted by molar-refractivity contribution is 5.70. The van der Waals surface area contributed by atoms with Gasteiger partial charge in [-0.1, -0.05) is 62.4 Å². The molecule has 0 radical (unpaired) electrons. The van der Waals surface area contributed by atoms with Crippen LogP contribution in [0, 0.1) is 5.92 Å². The largest absolute Gasteiger partial charge is 0.426 e. The number of carbonyl (C=O) groups is 1. The fraction of sp³-hybridized carbons (Fsp3) is 0.375. The van der Waals surface area contributed by atoms with Gasteiger partial charge in [0.05, 0.1) is 6.04 Å². The first-order valence-corrected chi connectivity index (χ1v) is 9.77. The van der Waals surface area contributed by atoms with Crippen molar-refractivity contribution in [3.05, 3.63) is 78.1 Å². The quantitative estimate of drug-likeness (QED) is 0.548. The summed E-state index contributed by atoms with van der Waals surface area (Å²) in [6.45, 7) is 5.84. The van der Waals surface area contributed by atoms with Crippen molar-refractivity contribution < 1.29 is 9.53 Å². The fourth-order valence-electron chi connectivity index (χ4n) is 4.40. The Balaban J connectivity index is 2.27. The number of benzene rings is 1. The molecule has 3 unspecified atom stereocenters. The molecule has 3 rings (SSSR count). The molecule has 0 spiro atoms. The molecule has 0 bridgehead atoms. The van der Waals surface area contributed by atoms with Crippen LogP contribution in [0.1, 0.15) is 38.3 Å². The molecule has 0 saturated carbocycles. The van der Waals surface area contributed by atoms with Crippen molar-refractivity contribution in [2.24, 2.45) is 5.92 Å². The maximum Gasteiger partial charge on any atom is 0.308 e. The number of hydrogen-bond acceptors (Lipinski definition) is 3. The second-order valence-electron chi connectivity index (χ2n) is 7.31. The Bertz CT molecular complexity index is 818. The van der Waals surface area contributed by atoms with Gasteiger partial charge in [0.15, 0.2) is 0 Å². The minimum Gasteiger partial charge on any atom is -0.426 e. The SMILES string of the molecule is CCc1ccc(OC(C)=O)c(C2(C3C=CC=CN3C)C=CC=CC2CC)c1. The number of esters is 1. The van der Waals surface area contributed by atoms with E-state index in [-0.39, 0.29) is 17.4 Å². The Labute approximate surface area is 162 Å². The second kappa shape index (κ2) is 7.99. The lowest BCUT2D eigenvalue weighted by Crippen LogP contribution is -2.51. The molecule has 1 aromatic carbocycles. The van der Waals surface area contributed by atoms with Crippen molar-refractivity contribution in [3.63, 3.8) is 0 Å². The topological polar surface area (TPSA) is 29.5 Å². The summed E-state index contributed by atoms with van der Waals surface area (Å²) in [5, 5.41) is 0. The molecular formula is C24H29NO2. The van der Waals surface area contributed by atoms with Gasteiger partial charge in [-0.15, -0.1) is 0 Å². The average molecular weight is 364 g/mol. The van der Waals surface area contributed by atoms with E-state index in [9.17, 15) is 4.79 Å². The highest BCUT2D eigenvalue weighted by atomic mass is 16.5. The Kier molecular flexibility index (Phi) is 5.69. The number of likely N-dealkylation sites (N-methyl/N-ethyl adjacent to an activating group) is 1. The molecular weight excluding hydrogens is 334 g/mol. The number of nitrogens with zero attached hydrogens (tertiary/aromatic N) is 1. The highest BCUT2D eigenvalue weighted by Gasteiger charge is 2.46. The van der Waals surface area contributed by atoms with Crippen molar-refractivity contribution in [1.82, 2.24) is 4.90 Å². The minimum atomic E-state index is -0.310. The third-order valence-corrected chi connectivity index (χ3v) is 5.71. The van der Waals surface area contributed by atoms with Crippen LogP contribution in [0.2, 0.25) is 0 Å². The van der Waals surface area contributed by atoms with Crippen molar-refractivity contribution in [1.29, 1.82) is 0 Å². The zero-order chi connectivity index (χ0) is 19.4. The van der Waals surface area contributed by atoms with Crippen LogP contribution in [0.15, 0.2) is 66.9 Å². The monoisotopic (exact) mass is 363 g/mol. The van der Waals surface area contributed by atoms with E-state index in [2.05, 4.69) is 86.7 Å². The molecule has 1 aliphatic carbocycles. The minimum absolute atomic E-state index is 0.134. The van der Waals surface area contributed by atoms with E-state index in [0.29, 0.717) is 11.7 Å². The summed E-state index contributed by atoms with van der Waals surface area (Å²) >= 11 is 0. The van der Waals surface area contributed by atoms with Crippen LogP contribution >= 0.6 is 0 Å². The molecule has 142 valence electrons. The molecule has 0 saturated heterocycles. The van der Waals surface area contributed by atoms with Crippen LogP contribution in [0.4, 0.5) is 0 Å². The molecule has 0 amide bonds. The summed E-state index contributed by atoms with van der Waals surface area (Å²) in [5.41, 5.74) is 2.02. The van der Waals surface area contributed by atoms with Gasteiger partial charge >= 0.3 is 5.97 Å². The van der Waals surface area contributed by atoms with Gasteiger partial charge in [-0.25, -0.2) is 0 Å². The number of allylic oxidation sites excluding steroid dienone is 5. The third kappa shape index (κ3) is 3.51. The van der Waals surface area contributed by atoms with E-state index in [1.807, 2.05) is 6.07 Å². The van der Waals surface area contributed by atoms with Gasteiger partial charge in [0.2, 0.25) is 0 Å². The number of rotatable bonds is 5. The lowest BCUT2D eigenvalue weighted by atomic mass is 9.61. The van der Waals surface area contributed by atoms with Gasteiger partial charge in [-0.05, 0) is 42.7 Å². The molecule has 3 nitrogen and oxygen atoms in total. The standard InChI is InChI=1S/C24H29NO2/c1-5-19-13-14-22(27-18(3)26)21(17-19)24(15-9-7-11-20(24)6-2)23-12-8-10-16-25(23)4/h7-17,20,23H,5-6H2,1-4H3. The maximum absolute atomic E-state index is 11.8. The molecule has 27 heavy (non-hydrogen) atoms. The van der Waals surface area contributed by atoms with Crippen molar-refractivity contribution in [2.45, 2.75) is 45.1 Å². The van der Waals surface area contributed by atoms with Crippen LogP contribution in [-0.4, -0.2) is 24.0 Å². The third-order valence-electron chi connectivity index (χ3n) is 5.71. The van der Waals surface area contributed by atoms with E-state index in [0.717, 1.165) is 18.4 Å². The van der Waals surface area contributed by atoms with Gasteiger partial charge in [-0.2, -0.15) is 0 Å². The van der Waals surface area contributed by atoms with Crippen LogP contribution < -0.4 is 4.74 Å². The van der Waals surface area contributed by atoms with Crippen molar-refractivity contribution >= 4 is 5.97 Å². The molecule has 0 fully saturated rings. The Morgan fingerprint density at radius 3 is 2.59 bits per heavy atom. The first-order valence-electron chi connectivity index (χ1n) is 9.77. The smallest absolute Gasteiger partial charge is 0.308 e. The zero-order valence-corrected chi connectivity index (χ0v) is 16.7. The molecule has 1 aromatic rings. The van der Waals surface area contributed by atoms with Crippen molar-refractivity contribution in [2.75, 3.05) is 7.05 Å². The second-order valence-corrected chi connectivity index (χ2v) is 7.31. The van der Waals surface area contributed by atoms with Gasteiger partial charge in [0, 0.05) is 24.9 Å². The first kappa shape index (κ1) is 19.2. The van der Waals surface area contributed by atoms with Crippen LogP contribution in [-0.2, 0) is 16.6 Å². The fourth-order valence-corrected chi connectivity index (χ4v) is 4.40. The van der Waals surface area contributed by atoms with Gasteiger partial charge < -0.3 is 9.64 Å². The predicted octanol–water partition coefficient (Wildman–Crippen LogP) is 4.95. The molecule has 0 N–H and O–H groups in total. The van der Waals surface area contributed by atoms with Crippen LogP contribution in [0.3, 0.4) is 0 Å². The van der Waals surface area contributed by atoms with Gasteiger partial charge in [-0.3, -0.25) is 4.79 Å². The lowest BCUT2D eigenvalue weighted by Gasteiger charge is -2.48. The highest BCUT2D eigenvalue weighted by Crippen LogP contribution is 2.48. The van der Waals surface area contributed by atoms with Gasteiger partial charge in [0.25, 0.3) is 0 Å². The van der Waals surface area contributed by atoms with Crippen LogP contribution in [0.25, 0.3) is 0 Å². The Morgan fingerprint density at radius 1 is 1.15 bits per heavy atom. The van der Waals surface area contributed by atoms with E-state index in [4.69, 9.17) is 4.74 Å². The van der Waals surface area contributed by atoms with E-state index < -0.39 is 0 Å². The van der Waals surface area contributed by atoms with E-state index >= 15 is 0 Å². The Morgan fingerprint density at radius 2 is 1.93 bits per heavy atom. The molecule has 1 heterocycles. The van der Waals surface area contributed by atoms with E-state index in [1.165, 1.54) is 12.5 Å². The maximum atomic E-state index is 11.8. The molecule has 3 atom stereocenters. The Hall–Kier alpha value is -2.55. The molecule has 1 aliphatic heterocycles. The summed E-state index contributed by atoms with van der Waals surface area (Å²) in [6, 6.07) is 6.37. The summed E-state index contributed by atoms with van der Waals surface area (Å²) in [7, 11) is 2.11. The number of ether oxygens (including phenoxy) is 1. The number of hydrogen-bond donors (Lipinski definition) is 0. The number of carbonyl (C=O) groups excluding carboxylic acids is 1. The summed E-state index contributed by atoms with van der Waals surface area (Å²) in [5.74, 6) is 0.674. The summed E-state index contributed by atoms with van der Waals surface area (Å²) in [4.78, 5) is 14.1. The lowest BCUT2D eigenvalue weighted by molar-refractivity contribution is -0.132. The van der Waals surface area contributed by atoms with Gasteiger partial charge in [0.1, 0.15) is 5.75 Å². The summed E-state index contributed by atoms with van der Waals surface area (Å²) < 4.78 is 5.68. The average Bonchev–Trinajstić information content (AvgIpc) is 2.68. The van der Waals surface area contributed by atoms with Crippen molar-refractivity contribution in [3.8, 4) is 5.75 Å².